The third-order valence-electron chi connectivity index (χ3n) is 3.71. The van der Waals surface area contributed by atoms with E-state index in [-0.39, 0.29) is 0 Å². The van der Waals surface area contributed by atoms with E-state index in [0.29, 0.717) is 0 Å². The minimum absolute atomic E-state index is 0.814. The van der Waals surface area contributed by atoms with Crippen LogP contribution in [0.1, 0.15) is 0 Å². The van der Waals surface area contributed by atoms with Crippen molar-refractivity contribution in [2.24, 2.45) is 4.99 Å². The van der Waals surface area contributed by atoms with Crippen LogP contribution in [0.15, 0.2) is 83.9 Å². The van der Waals surface area contributed by atoms with Gasteiger partial charge in [0.05, 0.1) is 31.0 Å². The van der Waals surface area contributed by atoms with E-state index >= 15 is 0 Å². The number of nitrogens with one attached hydrogen (secondary N) is 1. The third kappa shape index (κ3) is 4.38. The Kier molecular flexibility index (Phi) is 5.32. The van der Waals surface area contributed by atoms with Gasteiger partial charge < -0.3 is 14.8 Å². The molecule has 3 aromatic rings. The van der Waals surface area contributed by atoms with Crippen molar-refractivity contribution in [3.05, 3.63) is 84.2 Å². The largest absolute Gasteiger partial charge is 0.497 e. The summed E-state index contributed by atoms with van der Waals surface area (Å²) in [6.07, 6.45) is 0. The molecule has 0 saturated heterocycles. The monoisotopic (exact) mass is 332 g/mol. The highest BCUT2D eigenvalue weighted by Crippen LogP contribution is 2.19. The topological polar surface area (TPSA) is 42.8 Å². The lowest BCUT2D eigenvalue weighted by Gasteiger charge is -2.07. The molecule has 3 aromatic carbocycles. The van der Waals surface area contributed by atoms with Crippen molar-refractivity contribution in [3.63, 3.8) is 0 Å². The Morgan fingerprint density at radius 3 is 1.92 bits per heavy atom. The lowest BCUT2D eigenvalue weighted by Crippen LogP contribution is -2.05. The molecule has 0 saturated carbocycles. The molecule has 0 heterocycles. The Balaban J connectivity index is 1.96. The Labute approximate surface area is 147 Å². The Hall–Kier alpha value is -3.27. The van der Waals surface area contributed by atoms with E-state index in [1.807, 2.05) is 78.9 Å². The molecule has 0 spiro atoms. The summed E-state index contributed by atoms with van der Waals surface area (Å²) in [6.45, 7) is 0. The molecule has 0 amide bonds. The normalized spacial score (nSPS) is 11.0. The molecular weight excluding hydrogens is 312 g/mol. The maximum absolute atomic E-state index is 5.20. The zero-order valence-electron chi connectivity index (χ0n) is 14.3. The fourth-order valence-electron chi connectivity index (χ4n) is 2.37. The average Bonchev–Trinajstić information content (AvgIpc) is 2.88. The molecule has 0 aliphatic carbocycles. The van der Waals surface area contributed by atoms with Crippen molar-refractivity contribution < 1.29 is 9.47 Å². The summed E-state index contributed by atoms with van der Waals surface area (Å²) in [5, 5.41) is 4.27. The van der Waals surface area contributed by atoms with Crippen molar-refractivity contribution in [3.8, 4) is 11.5 Å². The molecule has 25 heavy (non-hydrogen) atoms. The first-order valence-electron chi connectivity index (χ1n) is 7.98. The first-order valence-corrected chi connectivity index (χ1v) is 7.98. The number of methoxy groups -OCH3 is 2. The Morgan fingerprint density at radius 1 is 0.680 bits per heavy atom. The van der Waals surface area contributed by atoms with Crippen molar-refractivity contribution in [1.29, 1.82) is 0 Å². The third-order valence-corrected chi connectivity index (χ3v) is 3.71. The summed E-state index contributed by atoms with van der Waals surface area (Å²) in [5.74, 6) is 1.64. The number of anilines is 2. The van der Waals surface area contributed by atoms with Crippen LogP contribution >= 0.6 is 0 Å². The van der Waals surface area contributed by atoms with E-state index in [1.165, 1.54) is 0 Å². The van der Waals surface area contributed by atoms with Crippen molar-refractivity contribution >= 4 is 17.1 Å². The summed E-state index contributed by atoms with van der Waals surface area (Å²) in [6, 6.07) is 25.4. The predicted octanol–water partition coefficient (Wildman–Crippen LogP) is 4.68. The van der Waals surface area contributed by atoms with Crippen LogP contribution in [0.2, 0.25) is 0 Å². The van der Waals surface area contributed by atoms with Crippen molar-refractivity contribution in [2.75, 3.05) is 19.5 Å². The highest BCUT2D eigenvalue weighted by molar-refractivity contribution is 5.60. The van der Waals surface area contributed by atoms with Gasteiger partial charge in [-0.2, -0.15) is 0 Å². The fourth-order valence-corrected chi connectivity index (χ4v) is 2.37. The van der Waals surface area contributed by atoms with Gasteiger partial charge in [-0.15, -0.1) is 0 Å². The van der Waals surface area contributed by atoms with E-state index < -0.39 is 0 Å². The SMILES string of the molecule is COc1ccc(N=c2cccccc2Nc2ccc(OC)cc2)cc1. The number of benzene rings is 2. The number of hydrogen-bond donors (Lipinski definition) is 1. The zero-order valence-corrected chi connectivity index (χ0v) is 14.3. The van der Waals surface area contributed by atoms with E-state index in [4.69, 9.17) is 14.5 Å². The molecule has 4 nitrogen and oxygen atoms in total. The molecule has 0 aliphatic heterocycles. The van der Waals surface area contributed by atoms with Crippen LogP contribution in [0.5, 0.6) is 11.5 Å². The van der Waals surface area contributed by atoms with Gasteiger partial charge in [-0.3, -0.25) is 0 Å². The molecule has 3 rings (SSSR count). The fraction of sp³-hybridized carbons (Fsp3) is 0.0952. The van der Waals surface area contributed by atoms with Gasteiger partial charge in [0.2, 0.25) is 0 Å². The van der Waals surface area contributed by atoms with Crippen LogP contribution in [-0.4, -0.2) is 14.2 Å². The quantitative estimate of drug-likeness (QED) is 0.738. The highest BCUT2D eigenvalue weighted by Gasteiger charge is 1.99. The number of nitrogens with zero attached hydrogens (tertiary/aromatic N) is 1. The zero-order chi connectivity index (χ0) is 17.5. The summed E-state index contributed by atoms with van der Waals surface area (Å²) < 4.78 is 10.4. The molecular formula is C21H20N2O2. The second kappa shape index (κ2) is 8.02. The van der Waals surface area contributed by atoms with Gasteiger partial charge >= 0.3 is 0 Å². The predicted molar refractivity (Wildman–Crippen MR) is 101 cm³/mol. The first-order chi connectivity index (χ1) is 12.3. The number of rotatable bonds is 5. The van der Waals surface area contributed by atoms with Crippen LogP contribution in [0.25, 0.3) is 0 Å². The van der Waals surface area contributed by atoms with E-state index in [9.17, 15) is 0 Å². The van der Waals surface area contributed by atoms with Gasteiger partial charge in [-0.05, 0) is 60.7 Å². The average molecular weight is 332 g/mol. The molecule has 4 heteroatoms. The minimum Gasteiger partial charge on any atom is -0.497 e. The van der Waals surface area contributed by atoms with Crippen LogP contribution in [0.4, 0.5) is 17.1 Å². The molecule has 0 atom stereocenters. The molecule has 0 bridgehead atoms. The van der Waals surface area contributed by atoms with E-state index in [1.54, 1.807) is 14.2 Å². The molecule has 1 N–H and O–H groups in total. The lowest BCUT2D eigenvalue weighted by atomic mass is 10.2. The summed E-state index contributed by atoms with van der Waals surface area (Å²) in [4.78, 5) is 4.74. The minimum atomic E-state index is 0.814. The number of ether oxygens (including phenoxy) is 2. The van der Waals surface area contributed by atoms with Crippen molar-refractivity contribution in [2.45, 2.75) is 0 Å². The van der Waals surface area contributed by atoms with Crippen LogP contribution in [-0.2, 0) is 0 Å². The maximum Gasteiger partial charge on any atom is 0.119 e. The Morgan fingerprint density at radius 2 is 1.28 bits per heavy atom. The number of hydrogen-bond acceptors (Lipinski definition) is 4. The molecule has 0 aromatic heterocycles. The first kappa shape index (κ1) is 16.6. The lowest BCUT2D eigenvalue weighted by molar-refractivity contribution is 0.415. The standard InChI is InChI=1S/C21H20N2O2/c1-24-18-12-8-16(9-13-18)22-20-6-4-3-5-7-21(20)23-17-10-14-19(25-2)15-11-17/h3-15H,1-2H3,(H,22,23). The second-order valence-electron chi connectivity index (χ2n) is 5.37. The molecule has 0 unspecified atom stereocenters. The van der Waals surface area contributed by atoms with Crippen LogP contribution < -0.4 is 20.1 Å². The molecule has 0 aliphatic rings. The molecule has 0 fully saturated rings. The van der Waals surface area contributed by atoms with Gasteiger partial charge in [0.1, 0.15) is 11.5 Å². The summed E-state index contributed by atoms with van der Waals surface area (Å²) in [5.41, 5.74) is 2.76. The smallest absolute Gasteiger partial charge is 0.119 e. The van der Waals surface area contributed by atoms with E-state index in [2.05, 4.69) is 5.32 Å². The van der Waals surface area contributed by atoms with Gasteiger partial charge in [0, 0.05) is 5.69 Å². The van der Waals surface area contributed by atoms with Crippen LogP contribution in [0, 0.1) is 0 Å². The summed E-state index contributed by atoms with van der Waals surface area (Å²) >= 11 is 0. The maximum atomic E-state index is 5.20. The second-order valence-corrected chi connectivity index (χ2v) is 5.37. The van der Waals surface area contributed by atoms with Crippen molar-refractivity contribution in [1.82, 2.24) is 0 Å². The molecule has 0 radical (unpaired) electrons. The summed E-state index contributed by atoms with van der Waals surface area (Å²) in [7, 11) is 3.31. The van der Waals surface area contributed by atoms with Gasteiger partial charge in [0.25, 0.3) is 0 Å². The van der Waals surface area contributed by atoms with Gasteiger partial charge in [-0.25, -0.2) is 4.99 Å². The molecule has 126 valence electrons. The highest BCUT2D eigenvalue weighted by atomic mass is 16.5. The van der Waals surface area contributed by atoms with Crippen LogP contribution in [0.3, 0.4) is 0 Å². The van der Waals surface area contributed by atoms with Gasteiger partial charge in [-0.1, -0.05) is 18.2 Å². The van der Waals surface area contributed by atoms with Gasteiger partial charge in [0.15, 0.2) is 0 Å². The Bertz CT molecular complexity index is 888. The van der Waals surface area contributed by atoms with E-state index in [0.717, 1.165) is 33.9 Å².